The van der Waals surface area contributed by atoms with Crippen LogP contribution in [0.2, 0.25) is 0 Å². The van der Waals surface area contributed by atoms with Crippen LogP contribution in [-0.4, -0.2) is 46.4 Å². The zero-order valence-corrected chi connectivity index (χ0v) is 14.1. The first-order valence-electron chi connectivity index (χ1n) is 7.18. The SMILES string of the molecule is CCC(CC(=O)OC)NC(=O)c1cc(OC)c(OC)c(OC)c1. The number of carbonyl (C=O) groups excluding carboxylic acids is 2. The largest absolute Gasteiger partial charge is 0.493 e. The second-order valence-electron chi connectivity index (χ2n) is 4.77. The number of hydrogen-bond donors (Lipinski definition) is 1. The molecule has 1 aromatic carbocycles. The van der Waals surface area contributed by atoms with Crippen molar-refractivity contribution in [1.82, 2.24) is 5.32 Å². The lowest BCUT2D eigenvalue weighted by Crippen LogP contribution is -2.36. The third-order valence-corrected chi connectivity index (χ3v) is 3.40. The molecule has 1 rings (SSSR count). The van der Waals surface area contributed by atoms with Crippen LogP contribution in [0.15, 0.2) is 12.1 Å². The maximum absolute atomic E-state index is 12.4. The molecule has 0 heterocycles. The van der Waals surface area contributed by atoms with Gasteiger partial charge in [-0.1, -0.05) is 6.92 Å². The van der Waals surface area contributed by atoms with E-state index in [2.05, 4.69) is 10.1 Å². The Hall–Kier alpha value is -2.44. The minimum atomic E-state index is -0.373. The predicted octanol–water partition coefficient (Wildman–Crippen LogP) is 1.78. The molecule has 1 N–H and O–H groups in total. The molecule has 0 bridgehead atoms. The maximum atomic E-state index is 12.4. The van der Waals surface area contributed by atoms with E-state index in [1.807, 2.05) is 6.92 Å². The number of methoxy groups -OCH3 is 4. The Morgan fingerprint density at radius 2 is 1.61 bits per heavy atom. The molecule has 23 heavy (non-hydrogen) atoms. The number of ether oxygens (including phenoxy) is 4. The van der Waals surface area contributed by atoms with Crippen molar-refractivity contribution in [1.29, 1.82) is 0 Å². The van der Waals surface area contributed by atoms with Crippen LogP contribution < -0.4 is 19.5 Å². The van der Waals surface area contributed by atoms with E-state index < -0.39 is 0 Å². The average molecular weight is 325 g/mol. The van der Waals surface area contributed by atoms with E-state index >= 15 is 0 Å². The molecule has 0 aromatic heterocycles. The quantitative estimate of drug-likeness (QED) is 0.734. The van der Waals surface area contributed by atoms with Gasteiger partial charge in [0.25, 0.3) is 5.91 Å². The van der Waals surface area contributed by atoms with Crippen molar-refractivity contribution in [2.75, 3.05) is 28.4 Å². The molecular formula is C16H23NO6. The van der Waals surface area contributed by atoms with Crippen molar-refractivity contribution in [3.05, 3.63) is 17.7 Å². The Morgan fingerprint density at radius 3 is 2.00 bits per heavy atom. The van der Waals surface area contributed by atoms with Crippen LogP contribution >= 0.6 is 0 Å². The van der Waals surface area contributed by atoms with Gasteiger partial charge in [-0.2, -0.15) is 0 Å². The lowest BCUT2D eigenvalue weighted by Gasteiger charge is -2.17. The summed E-state index contributed by atoms with van der Waals surface area (Å²) in [5, 5.41) is 2.80. The molecule has 0 aliphatic carbocycles. The van der Waals surface area contributed by atoms with Gasteiger partial charge in [0.05, 0.1) is 34.9 Å². The fourth-order valence-electron chi connectivity index (χ4n) is 2.06. The maximum Gasteiger partial charge on any atom is 0.307 e. The monoisotopic (exact) mass is 325 g/mol. The summed E-state index contributed by atoms with van der Waals surface area (Å²) < 4.78 is 20.3. The summed E-state index contributed by atoms with van der Waals surface area (Å²) in [4.78, 5) is 23.8. The van der Waals surface area contributed by atoms with Gasteiger partial charge < -0.3 is 24.3 Å². The molecule has 0 fully saturated rings. The van der Waals surface area contributed by atoms with E-state index in [-0.39, 0.29) is 24.3 Å². The number of rotatable bonds is 8. The Labute approximate surface area is 135 Å². The number of carbonyl (C=O) groups is 2. The van der Waals surface area contributed by atoms with Crippen molar-refractivity contribution >= 4 is 11.9 Å². The number of nitrogens with one attached hydrogen (secondary N) is 1. The molecule has 0 aliphatic heterocycles. The molecule has 1 amide bonds. The first-order valence-corrected chi connectivity index (χ1v) is 7.18. The smallest absolute Gasteiger partial charge is 0.307 e. The van der Waals surface area contributed by atoms with Crippen molar-refractivity contribution in [3.8, 4) is 17.2 Å². The average Bonchev–Trinajstić information content (AvgIpc) is 2.59. The van der Waals surface area contributed by atoms with E-state index in [9.17, 15) is 9.59 Å². The molecule has 0 saturated heterocycles. The molecule has 0 radical (unpaired) electrons. The standard InChI is InChI=1S/C16H23NO6/c1-6-11(9-14(18)22-4)17-16(19)10-7-12(20-2)15(23-5)13(8-10)21-3/h7-8,11H,6,9H2,1-5H3,(H,17,19). The summed E-state index contributed by atoms with van der Waals surface area (Å²) in [5.41, 5.74) is 0.350. The van der Waals surface area contributed by atoms with Crippen LogP contribution in [0.4, 0.5) is 0 Å². The van der Waals surface area contributed by atoms with Gasteiger partial charge in [-0.15, -0.1) is 0 Å². The van der Waals surface area contributed by atoms with Gasteiger partial charge in [-0.3, -0.25) is 9.59 Å². The van der Waals surface area contributed by atoms with Crippen molar-refractivity contribution in [2.24, 2.45) is 0 Å². The molecule has 7 heteroatoms. The highest BCUT2D eigenvalue weighted by Crippen LogP contribution is 2.38. The highest BCUT2D eigenvalue weighted by atomic mass is 16.5. The molecule has 0 saturated carbocycles. The number of amides is 1. The molecule has 1 atom stereocenters. The molecule has 1 aromatic rings. The summed E-state index contributed by atoms with van der Waals surface area (Å²) in [6.45, 7) is 1.88. The van der Waals surface area contributed by atoms with Crippen LogP contribution in [-0.2, 0) is 9.53 Å². The van der Waals surface area contributed by atoms with Gasteiger partial charge in [0.2, 0.25) is 5.75 Å². The number of benzene rings is 1. The van der Waals surface area contributed by atoms with Gasteiger partial charge in [0, 0.05) is 11.6 Å². The molecule has 0 aliphatic rings. The topological polar surface area (TPSA) is 83.1 Å². The third kappa shape index (κ3) is 4.77. The van der Waals surface area contributed by atoms with Crippen molar-refractivity contribution in [2.45, 2.75) is 25.8 Å². The molecule has 128 valence electrons. The zero-order chi connectivity index (χ0) is 17.4. The number of esters is 1. The lowest BCUT2D eigenvalue weighted by molar-refractivity contribution is -0.141. The van der Waals surface area contributed by atoms with Gasteiger partial charge in [0.15, 0.2) is 11.5 Å². The van der Waals surface area contributed by atoms with Crippen LogP contribution in [0.1, 0.15) is 30.1 Å². The summed E-state index contributed by atoms with van der Waals surface area (Å²) in [6, 6.07) is 2.80. The van der Waals surface area contributed by atoms with E-state index in [4.69, 9.17) is 14.2 Å². The first kappa shape index (κ1) is 18.6. The Kier molecular flexibility index (Phi) is 7.18. The fraction of sp³-hybridized carbons (Fsp3) is 0.500. The van der Waals surface area contributed by atoms with Crippen LogP contribution in [0, 0.1) is 0 Å². The Balaban J connectivity index is 3.00. The first-order chi connectivity index (χ1) is 11.0. The number of hydrogen-bond acceptors (Lipinski definition) is 6. The summed E-state index contributed by atoms with van der Waals surface area (Å²) >= 11 is 0. The second-order valence-corrected chi connectivity index (χ2v) is 4.77. The van der Waals surface area contributed by atoms with E-state index in [0.29, 0.717) is 29.2 Å². The van der Waals surface area contributed by atoms with Gasteiger partial charge in [-0.25, -0.2) is 0 Å². The Bertz CT molecular complexity index is 532. The lowest BCUT2D eigenvalue weighted by atomic mass is 10.1. The van der Waals surface area contributed by atoms with Crippen LogP contribution in [0.5, 0.6) is 17.2 Å². The van der Waals surface area contributed by atoms with Gasteiger partial charge in [-0.05, 0) is 18.6 Å². The predicted molar refractivity (Wildman–Crippen MR) is 84.3 cm³/mol. The van der Waals surface area contributed by atoms with Crippen molar-refractivity contribution < 1.29 is 28.5 Å². The minimum Gasteiger partial charge on any atom is -0.493 e. The minimum absolute atomic E-state index is 0.114. The summed E-state index contributed by atoms with van der Waals surface area (Å²) in [6.07, 6.45) is 0.717. The normalized spacial score (nSPS) is 11.3. The highest BCUT2D eigenvalue weighted by Gasteiger charge is 2.20. The second kappa shape index (κ2) is 8.87. The van der Waals surface area contributed by atoms with Crippen molar-refractivity contribution in [3.63, 3.8) is 0 Å². The van der Waals surface area contributed by atoms with Gasteiger partial charge in [0.1, 0.15) is 0 Å². The van der Waals surface area contributed by atoms with Crippen LogP contribution in [0.25, 0.3) is 0 Å². The molecule has 1 unspecified atom stereocenters. The van der Waals surface area contributed by atoms with Gasteiger partial charge >= 0.3 is 5.97 Å². The molecule has 7 nitrogen and oxygen atoms in total. The van der Waals surface area contributed by atoms with E-state index in [0.717, 1.165) is 0 Å². The zero-order valence-electron chi connectivity index (χ0n) is 14.1. The highest BCUT2D eigenvalue weighted by molar-refractivity contribution is 5.96. The Morgan fingerprint density at radius 1 is 1.04 bits per heavy atom. The molecular weight excluding hydrogens is 302 g/mol. The fourth-order valence-corrected chi connectivity index (χ4v) is 2.06. The third-order valence-electron chi connectivity index (χ3n) is 3.40. The van der Waals surface area contributed by atoms with Crippen LogP contribution in [0.3, 0.4) is 0 Å². The summed E-state index contributed by atoms with van der Waals surface area (Å²) in [5.74, 6) is 0.478. The van der Waals surface area contributed by atoms with E-state index in [1.54, 1.807) is 12.1 Å². The summed E-state index contributed by atoms with van der Waals surface area (Å²) in [7, 11) is 5.76. The van der Waals surface area contributed by atoms with E-state index in [1.165, 1.54) is 28.4 Å². The molecule has 0 spiro atoms.